The molecule has 1 unspecified atom stereocenters. The minimum Gasteiger partial charge on any atom is -0.481 e. The Balaban J connectivity index is 2.07. The number of likely N-dealkylation sites (tertiary alicyclic amines) is 1. The van der Waals surface area contributed by atoms with Crippen molar-refractivity contribution in [2.75, 3.05) is 13.1 Å². The molecule has 0 amide bonds. The van der Waals surface area contributed by atoms with Crippen LogP contribution in [-0.2, 0) is 11.0 Å². The van der Waals surface area contributed by atoms with Gasteiger partial charge >= 0.3 is 12.1 Å². The molecule has 0 saturated carbocycles. The number of carboxylic acids is 1. The predicted molar refractivity (Wildman–Crippen MR) is 107 cm³/mol. The van der Waals surface area contributed by atoms with Crippen molar-refractivity contribution < 1.29 is 23.1 Å². The molecule has 2 aromatic carbocycles. The molecule has 2 aromatic rings. The van der Waals surface area contributed by atoms with Crippen molar-refractivity contribution in [3.05, 3.63) is 68.2 Å². The molecular formula is C20H17Cl3F3NO2. The zero-order chi connectivity index (χ0) is 21.3. The van der Waals surface area contributed by atoms with Crippen LogP contribution in [0, 0.1) is 5.92 Å². The highest BCUT2D eigenvalue weighted by molar-refractivity contribution is 6.42. The predicted octanol–water partition coefficient (Wildman–Crippen LogP) is 6.55. The number of piperidine rings is 1. The second kappa shape index (κ2) is 8.72. The lowest BCUT2D eigenvalue weighted by Crippen LogP contribution is -2.39. The number of alkyl halides is 3. The number of aliphatic carboxylic acids is 1. The van der Waals surface area contributed by atoms with Gasteiger partial charge in [-0.25, -0.2) is 0 Å². The molecule has 29 heavy (non-hydrogen) atoms. The highest BCUT2D eigenvalue weighted by atomic mass is 35.5. The van der Waals surface area contributed by atoms with E-state index in [9.17, 15) is 23.1 Å². The Morgan fingerprint density at radius 3 is 2.31 bits per heavy atom. The molecule has 0 aliphatic carbocycles. The Morgan fingerprint density at radius 1 is 1.07 bits per heavy atom. The summed E-state index contributed by atoms with van der Waals surface area (Å²) < 4.78 is 40.2. The van der Waals surface area contributed by atoms with Gasteiger partial charge < -0.3 is 5.11 Å². The molecule has 1 atom stereocenters. The van der Waals surface area contributed by atoms with Gasteiger partial charge in [0.25, 0.3) is 0 Å². The van der Waals surface area contributed by atoms with Gasteiger partial charge in [0.1, 0.15) is 0 Å². The van der Waals surface area contributed by atoms with Crippen LogP contribution in [-0.4, -0.2) is 29.1 Å². The van der Waals surface area contributed by atoms with E-state index in [-0.39, 0.29) is 10.0 Å². The fraction of sp³-hybridized carbons (Fsp3) is 0.350. The van der Waals surface area contributed by atoms with Crippen molar-refractivity contribution in [1.82, 2.24) is 4.90 Å². The highest BCUT2D eigenvalue weighted by Gasteiger charge is 2.36. The summed E-state index contributed by atoms with van der Waals surface area (Å²) in [5.74, 6) is -1.34. The minimum absolute atomic E-state index is 0.253. The number of benzene rings is 2. The van der Waals surface area contributed by atoms with E-state index in [1.807, 2.05) is 4.90 Å². The Labute approximate surface area is 181 Å². The van der Waals surface area contributed by atoms with Gasteiger partial charge in [-0.05, 0) is 55.3 Å². The lowest BCUT2D eigenvalue weighted by molar-refractivity contribution is -0.143. The van der Waals surface area contributed by atoms with E-state index in [0.717, 1.165) is 6.07 Å². The number of hydrogen-bond donors (Lipinski definition) is 1. The number of rotatable bonds is 4. The van der Waals surface area contributed by atoms with Crippen molar-refractivity contribution in [3.63, 3.8) is 0 Å². The first-order valence-corrected chi connectivity index (χ1v) is 10.0. The van der Waals surface area contributed by atoms with Gasteiger partial charge in [-0.3, -0.25) is 9.69 Å². The summed E-state index contributed by atoms with van der Waals surface area (Å²) in [4.78, 5) is 13.2. The molecule has 1 aliphatic heterocycles. The molecule has 0 aromatic heterocycles. The van der Waals surface area contributed by atoms with Crippen molar-refractivity contribution in [2.24, 2.45) is 5.92 Å². The molecule has 1 saturated heterocycles. The van der Waals surface area contributed by atoms with Crippen LogP contribution in [0.4, 0.5) is 13.2 Å². The summed E-state index contributed by atoms with van der Waals surface area (Å²) in [5, 5.41) is 9.39. The topological polar surface area (TPSA) is 40.5 Å². The molecule has 1 N–H and O–H groups in total. The molecule has 1 aliphatic rings. The van der Waals surface area contributed by atoms with Crippen LogP contribution in [0.5, 0.6) is 0 Å². The lowest BCUT2D eigenvalue weighted by atomic mass is 9.90. The Hall–Kier alpha value is -1.47. The van der Waals surface area contributed by atoms with Crippen LogP contribution in [0.3, 0.4) is 0 Å². The number of nitrogens with zero attached hydrogens (tertiary/aromatic N) is 1. The van der Waals surface area contributed by atoms with Gasteiger partial charge in [0, 0.05) is 0 Å². The van der Waals surface area contributed by atoms with Crippen molar-refractivity contribution in [2.45, 2.75) is 25.1 Å². The van der Waals surface area contributed by atoms with Crippen molar-refractivity contribution >= 4 is 40.8 Å². The first kappa shape index (κ1) is 22.2. The van der Waals surface area contributed by atoms with Crippen LogP contribution in [0.15, 0.2) is 36.4 Å². The van der Waals surface area contributed by atoms with E-state index in [2.05, 4.69) is 0 Å². The molecule has 9 heteroatoms. The maximum atomic E-state index is 13.4. The Kier molecular flexibility index (Phi) is 6.68. The van der Waals surface area contributed by atoms with Crippen LogP contribution >= 0.6 is 34.8 Å². The Morgan fingerprint density at radius 2 is 1.72 bits per heavy atom. The van der Waals surface area contributed by atoms with E-state index < -0.39 is 29.7 Å². The minimum atomic E-state index is -4.61. The van der Waals surface area contributed by atoms with Gasteiger partial charge in [-0.15, -0.1) is 0 Å². The zero-order valence-electron chi connectivity index (χ0n) is 15.0. The van der Waals surface area contributed by atoms with Gasteiger partial charge in [-0.2, -0.15) is 13.2 Å². The van der Waals surface area contributed by atoms with Crippen molar-refractivity contribution in [1.29, 1.82) is 0 Å². The van der Waals surface area contributed by atoms with Gasteiger partial charge in [0.2, 0.25) is 0 Å². The molecular weight excluding hydrogens is 450 g/mol. The fourth-order valence-electron chi connectivity index (χ4n) is 3.65. The first-order valence-electron chi connectivity index (χ1n) is 8.87. The standard InChI is InChI=1S/C20H17Cl3F3NO2/c21-15-5-4-12(10-14(15)20(24,25)26)18(13-2-1-3-16(22)17(13)23)27-8-6-11(7-9-27)19(28)29/h1-5,10-11,18H,6-9H2,(H,28,29). The highest BCUT2D eigenvalue weighted by Crippen LogP contribution is 2.42. The second-order valence-electron chi connectivity index (χ2n) is 6.93. The van der Waals surface area contributed by atoms with E-state index in [4.69, 9.17) is 34.8 Å². The molecule has 0 bridgehead atoms. The van der Waals surface area contributed by atoms with Crippen LogP contribution in [0.25, 0.3) is 0 Å². The maximum Gasteiger partial charge on any atom is 0.417 e. The molecule has 0 radical (unpaired) electrons. The Bertz CT molecular complexity index is 912. The number of halogens is 6. The van der Waals surface area contributed by atoms with E-state index in [1.54, 1.807) is 18.2 Å². The van der Waals surface area contributed by atoms with Gasteiger partial charge in [-0.1, -0.05) is 53.0 Å². The van der Waals surface area contributed by atoms with E-state index >= 15 is 0 Å². The van der Waals surface area contributed by atoms with Gasteiger partial charge in [0.15, 0.2) is 0 Å². The van der Waals surface area contributed by atoms with Gasteiger partial charge in [0.05, 0.1) is 32.6 Å². The first-order chi connectivity index (χ1) is 13.6. The van der Waals surface area contributed by atoms with E-state index in [0.29, 0.717) is 42.1 Å². The summed E-state index contributed by atoms with van der Waals surface area (Å²) in [6, 6.07) is 8.15. The summed E-state index contributed by atoms with van der Waals surface area (Å²) in [6.45, 7) is 0.795. The largest absolute Gasteiger partial charge is 0.481 e. The normalized spacial score (nSPS) is 17.3. The molecule has 3 rings (SSSR count). The average Bonchev–Trinajstić information content (AvgIpc) is 2.66. The van der Waals surface area contributed by atoms with Crippen molar-refractivity contribution in [3.8, 4) is 0 Å². The molecule has 1 fully saturated rings. The summed E-state index contributed by atoms with van der Waals surface area (Å²) in [7, 11) is 0. The third-order valence-electron chi connectivity index (χ3n) is 5.13. The van der Waals surface area contributed by atoms with E-state index in [1.165, 1.54) is 12.1 Å². The molecule has 0 spiro atoms. The quantitative estimate of drug-likeness (QED) is 0.555. The molecule has 156 valence electrons. The maximum absolute atomic E-state index is 13.4. The third kappa shape index (κ3) is 4.82. The average molecular weight is 467 g/mol. The second-order valence-corrected chi connectivity index (χ2v) is 8.12. The summed E-state index contributed by atoms with van der Waals surface area (Å²) in [5.41, 5.74) is -0.0108. The monoisotopic (exact) mass is 465 g/mol. The SMILES string of the molecule is O=C(O)C1CCN(C(c2ccc(Cl)c(C(F)(F)F)c2)c2cccc(Cl)c2Cl)CC1. The van der Waals surface area contributed by atoms with Crippen LogP contribution < -0.4 is 0 Å². The lowest BCUT2D eigenvalue weighted by Gasteiger charge is -2.37. The molecule has 1 heterocycles. The van der Waals surface area contributed by atoms with Crippen LogP contribution in [0.1, 0.15) is 35.6 Å². The molecule has 3 nitrogen and oxygen atoms in total. The smallest absolute Gasteiger partial charge is 0.417 e. The number of carboxylic acid groups (broad SMARTS) is 1. The number of carbonyl (C=O) groups is 1. The summed E-state index contributed by atoms with van der Waals surface area (Å²) in [6.07, 6.45) is -3.82. The number of hydrogen-bond acceptors (Lipinski definition) is 2. The zero-order valence-corrected chi connectivity index (χ0v) is 17.3. The van der Waals surface area contributed by atoms with Crippen LogP contribution in [0.2, 0.25) is 15.1 Å². The third-order valence-corrected chi connectivity index (χ3v) is 6.29. The summed E-state index contributed by atoms with van der Waals surface area (Å²) >= 11 is 18.3. The fourth-order valence-corrected chi connectivity index (χ4v) is 4.29.